The maximum absolute atomic E-state index is 12.1. The minimum Gasteiger partial charge on any atom is -0.411 e. The molecule has 0 saturated carbocycles. The molecule has 0 radical (unpaired) electrons. The first-order valence-corrected chi connectivity index (χ1v) is 6.27. The summed E-state index contributed by atoms with van der Waals surface area (Å²) in [4.78, 5) is 12.1. The fourth-order valence-corrected chi connectivity index (χ4v) is 1.79. The fraction of sp³-hybridized carbons (Fsp3) is 0.125. The van der Waals surface area contributed by atoms with Crippen LogP contribution in [0.25, 0.3) is 0 Å². The first-order chi connectivity index (χ1) is 9.60. The molecule has 0 heterocycles. The first-order valence-electron chi connectivity index (χ1n) is 6.27. The molecule has 2 rings (SSSR count). The molecule has 0 aliphatic carbocycles. The van der Waals surface area contributed by atoms with Gasteiger partial charge in [-0.15, -0.1) is 0 Å². The summed E-state index contributed by atoms with van der Waals surface area (Å²) >= 11 is 0. The molecule has 2 aromatic carbocycles. The number of carbonyl (C=O) groups excluding carboxylic acids is 1. The number of amides is 1. The number of carbonyl (C=O) groups is 1. The molecule has 4 nitrogen and oxygen atoms in total. The van der Waals surface area contributed by atoms with E-state index in [4.69, 9.17) is 5.21 Å². The Labute approximate surface area is 117 Å². The second kappa shape index (κ2) is 6.02. The van der Waals surface area contributed by atoms with Gasteiger partial charge >= 0.3 is 0 Å². The van der Waals surface area contributed by atoms with E-state index in [1.54, 1.807) is 37.3 Å². The van der Waals surface area contributed by atoms with E-state index in [1.807, 2.05) is 25.1 Å². The Kier molecular flexibility index (Phi) is 4.15. The quantitative estimate of drug-likeness (QED) is 0.509. The van der Waals surface area contributed by atoms with Crippen molar-refractivity contribution in [1.29, 1.82) is 0 Å². The molecule has 102 valence electrons. The van der Waals surface area contributed by atoms with Gasteiger partial charge in [0.2, 0.25) is 0 Å². The highest BCUT2D eigenvalue weighted by atomic mass is 16.4. The van der Waals surface area contributed by atoms with Crippen molar-refractivity contribution in [1.82, 2.24) is 0 Å². The van der Waals surface area contributed by atoms with Gasteiger partial charge in [-0.3, -0.25) is 4.79 Å². The van der Waals surface area contributed by atoms with Crippen LogP contribution in [-0.2, 0) is 0 Å². The number of hydrogen-bond acceptors (Lipinski definition) is 3. The Hall–Kier alpha value is -2.62. The van der Waals surface area contributed by atoms with Crippen LogP contribution in [-0.4, -0.2) is 16.8 Å². The lowest BCUT2D eigenvalue weighted by Gasteiger charge is -2.07. The Bertz CT molecular complexity index is 646. The summed E-state index contributed by atoms with van der Waals surface area (Å²) in [6.45, 7) is 3.67. The third kappa shape index (κ3) is 3.23. The monoisotopic (exact) mass is 268 g/mol. The van der Waals surface area contributed by atoms with Crippen LogP contribution in [0.15, 0.2) is 53.7 Å². The van der Waals surface area contributed by atoms with Crippen molar-refractivity contribution in [3.05, 3.63) is 65.2 Å². The molecule has 0 bridgehead atoms. The van der Waals surface area contributed by atoms with Crippen molar-refractivity contribution in [2.75, 3.05) is 5.32 Å². The standard InChI is InChI=1S/C16H16N2O2/c1-11-6-8-13(9-7-11)16(19)17-15-5-3-4-14(10-15)12(2)18-20/h3-10,20H,1-2H3,(H,17,19)/b18-12+. The first kappa shape index (κ1) is 13.8. The zero-order valence-electron chi connectivity index (χ0n) is 11.4. The van der Waals surface area contributed by atoms with Gasteiger partial charge < -0.3 is 10.5 Å². The van der Waals surface area contributed by atoms with E-state index in [0.29, 0.717) is 17.0 Å². The predicted octanol–water partition coefficient (Wildman–Crippen LogP) is 3.45. The number of aryl methyl sites for hydroxylation is 1. The van der Waals surface area contributed by atoms with Gasteiger partial charge in [-0.05, 0) is 38.1 Å². The number of hydrogen-bond donors (Lipinski definition) is 2. The molecule has 0 unspecified atom stereocenters. The van der Waals surface area contributed by atoms with Gasteiger partial charge in [0, 0.05) is 16.8 Å². The van der Waals surface area contributed by atoms with Crippen molar-refractivity contribution < 1.29 is 10.0 Å². The van der Waals surface area contributed by atoms with Gasteiger partial charge in [0.15, 0.2) is 0 Å². The number of rotatable bonds is 3. The Morgan fingerprint density at radius 3 is 2.45 bits per heavy atom. The summed E-state index contributed by atoms with van der Waals surface area (Å²) in [6, 6.07) is 14.5. The molecular weight excluding hydrogens is 252 g/mol. The maximum Gasteiger partial charge on any atom is 0.255 e. The van der Waals surface area contributed by atoms with Gasteiger partial charge in [-0.25, -0.2) is 0 Å². The van der Waals surface area contributed by atoms with Crippen molar-refractivity contribution in [2.45, 2.75) is 13.8 Å². The normalized spacial score (nSPS) is 11.2. The molecule has 0 saturated heterocycles. The summed E-state index contributed by atoms with van der Waals surface area (Å²) in [5, 5.41) is 14.7. The summed E-state index contributed by atoms with van der Waals surface area (Å²) in [5.41, 5.74) is 3.63. The highest BCUT2D eigenvalue weighted by molar-refractivity contribution is 6.05. The average Bonchev–Trinajstić information content (AvgIpc) is 2.47. The average molecular weight is 268 g/mol. The largest absolute Gasteiger partial charge is 0.411 e. The van der Waals surface area contributed by atoms with E-state index in [0.717, 1.165) is 11.1 Å². The van der Waals surface area contributed by atoms with Crippen molar-refractivity contribution in [3.8, 4) is 0 Å². The van der Waals surface area contributed by atoms with Crippen LogP contribution in [0.1, 0.15) is 28.4 Å². The Morgan fingerprint density at radius 1 is 1.10 bits per heavy atom. The van der Waals surface area contributed by atoms with Crippen LogP contribution in [0.5, 0.6) is 0 Å². The molecule has 0 aliphatic rings. The van der Waals surface area contributed by atoms with Gasteiger partial charge in [-0.1, -0.05) is 35.0 Å². The second-order valence-electron chi connectivity index (χ2n) is 4.59. The lowest BCUT2D eigenvalue weighted by atomic mass is 10.1. The summed E-state index contributed by atoms with van der Waals surface area (Å²) in [6.07, 6.45) is 0. The number of benzene rings is 2. The van der Waals surface area contributed by atoms with Gasteiger partial charge in [-0.2, -0.15) is 0 Å². The molecule has 1 amide bonds. The lowest BCUT2D eigenvalue weighted by Crippen LogP contribution is -2.12. The van der Waals surface area contributed by atoms with E-state index in [1.165, 1.54) is 0 Å². The van der Waals surface area contributed by atoms with Crippen molar-refractivity contribution >= 4 is 17.3 Å². The van der Waals surface area contributed by atoms with Gasteiger partial charge in [0.25, 0.3) is 5.91 Å². The van der Waals surface area contributed by atoms with E-state index in [9.17, 15) is 4.79 Å². The van der Waals surface area contributed by atoms with E-state index < -0.39 is 0 Å². The highest BCUT2D eigenvalue weighted by Gasteiger charge is 2.06. The van der Waals surface area contributed by atoms with Crippen LogP contribution in [0.4, 0.5) is 5.69 Å². The Balaban J connectivity index is 2.17. The molecule has 20 heavy (non-hydrogen) atoms. The fourth-order valence-electron chi connectivity index (χ4n) is 1.79. The van der Waals surface area contributed by atoms with Gasteiger partial charge in [0.05, 0.1) is 5.71 Å². The van der Waals surface area contributed by atoms with Crippen LogP contribution in [0.2, 0.25) is 0 Å². The molecule has 0 atom stereocenters. The van der Waals surface area contributed by atoms with Crippen LogP contribution >= 0.6 is 0 Å². The lowest BCUT2D eigenvalue weighted by molar-refractivity contribution is 0.102. The zero-order valence-corrected chi connectivity index (χ0v) is 11.4. The molecule has 4 heteroatoms. The SMILES string of the molecule is C/C(=N\O)c1cccc(NC(=O)c2ccc(C)cc2)c1. The number of nitrogens with zero attached hydrogens (tertiary/aromatic N) is 1. The van der Waals surface area contributed by atoms with E-state index in [-0.39, 0.29) is 5.91 Å². The third-order valence-corrected chi connectivity index (χ3v) is 3.00. The van der Waals surface area contributed by atoms with Crippen LogP contribution in [0.3, 0.4) is 0 Å². The molecule has 0 fully saturated rings. The number of nitrogens with one attached hydrogen (secondary N) is 1. The summed E-state index contributed by atoms with van der Waals surface area (Å²) < 4.78 is 0. The summed E-state index contributed by atoms with van der Waals surface area (Å²) in [7, 11) is 0. The molecule has 0 spiro atoms. The molecule has 0 aliphatic heterocycles. The molecule has 2 aromatic rings. The third-order valence-electron chi connectivity index (χ3n) is 3.00. The smallest absolute Gasteiger partial charge is 0.255 e. The highest BCUT2D eigenvalue weighted by Crippen LogP contribution is 2.13. The van der Waals surface area contributed by atoms with Crippen molar-refractivity contribution in [3.63, 3.8) is 0 Å². The van der Waals surface area contributed by atoms with Crippen molar-refractivity contribution in [2.24, 2.45) is 5.16 Å². The van der Waals surface area contributed by atoms with E-state index in [2.05, 4.69) is 10.5 Å². The minimum absolute atomic E-state index is 0.166. The van der Waals surface area contributed by atoms with Crippen LogP contribution in [0, 0.1) is 6.92 Å². The molecule has 2 N–H and O–H groups in total. The molecule has 0 aromatic heterocycles. The topological polar surface area (TPSA) is 61.7 Å². The van der Waals surface area contributed by atoms with Crippen LogP contribution < -0.4 is 5.32 Å². The van der Waals surface area contributed by atoms with E-state index >= 15 is 0 Å². The number of anilines is 1. The van der Waals surface area contributed by atoms with Gasteiger partial charge in [0.1, 0.15) is 0 Å². The summed E-state index contributed by atoms with van der Waals surface area (Å²) in [5.74, 6) is -0.166. The predicted molar refractivity (Wildman–Crippen MR) is 79.6 cm³/mol. The maximum atomic E-state index is 12.1. The zero-order chi connectivity index (χ0) is 14.5. The Morgan fingerprint density at radius 2 is 1.80 bits per heavy atom. The second-order valence-corrected chi connectivity index (χ2v) is 4.59. The number of oxime groups is 1. The molecular formula is C16H16N2O2. The minimum atomic E-state index is -0.166.